The zero-order valence-electron chi connectivity index (χ0n) is 27.5. The van der Waals surface area contributed by atoms with E-state index < -0.39 is 76.8 Å². The fourth-order valence-electron chi connectivity index (χ4n) is 5.19. The maximum absolute atomic E-state index is 14.1. The maximum Gasteiger partial charge on any atom is 0.329 e. The lowest BCUT2D eigenvalue weighted by Gasteiger charge is -2.36. The largest absolute Gasteiger partial charge is 0.459 e. The molecule has 5 amide bonds. The molecular weight excluding hydrogens is 585 g/mol. The van der Waals surface area contributed by atoms with Crippen molar-refractivity contribution in [2.45, 2.75) is 93.0 Å². The van der Waals surface area contributed by atoms with Crippen molar-refractivity contribution >= 4 is 35.5 Å². The average molecular weight is 634 g/mol. The van der Waals surface area contributed by atoms with Gasteiger partial charge in [-0.2, -0.15) is 0 Å². The number of benzene rings is 1. The zero-order valence-corrected chi connectivity index (χ0v) is 27.5. The van der Waals surface area contributed by atoms with E-state index in [0.717, 1.165) is 6.42 Å². The van der Waals surface area contributed by atoms with E-state index in [-0.39, 0.29) is 19.1 Å². The SMILES string of the molecule is CC(C)C[C@@H]1C[C@@H](C(=O)NCC(=O)C(N)=O)N(C(=O)[C@@H](NC(=O)N[C@H](C(=O)OCc2ccc(F)cc2)C(C)(C)C)C(C)(C)C)C1. The van der Waals surface area contributed by atoms with Gasteiger partial charge in [0.2, 0.25) is 17.6 Å². The van der Waals surface area contributed by atoms with Gasteiger partial charge in [0.25, 0.3) is 5.91 Å². The molecule has 0 aromatic heterocycles. The Balaban J connectivity index is 2.23. The Morgan fingerprint density at radius 2 is 1.51 bits per heavy atom. The van der Waals surface area contributed by atoms with Crippen LogP contribution in [0, 0.1) is 28.5 Å². The molecule has 1 fully saturated rings. The highest BCUT2D eigenvalue weighted by Crippen LogP contribution is 2.32. The number of urea groups is 1. The third-order valence-corrected chi connectivity index (χ3v) is 7.54. The van der Waals surface area contributed by atoms with Crippen LogP contribution in [0.4, 0.5) is 9.18 Å². The standard InChI is InChI=1S/C32H48FN5O7/c1-18(2)13-20-14-22(27(41)35-15-23(39)26(34)40)38(16-20)28(42)24(31(3,4)5)36-30(44)37-25(32(6,7)8)29(43)45-17-19-9-11-21(33)12-10-19/h9-12,18,20,22,24-25H,13-17H2,1-8H3,(H2,34,40)(H,35,41)(H2,36,37,44)/t20-,22+,24-,25-/m1/s1. The Hall–Kier alpha value is -4.03. The molecule has 12 nitrogen and oxygen atoms in total. The van der Waals surface area contributed by atoms with Crippen molar-refractivity contribution in [3.05, 3.63) is 35.6 Å². The molecule has 0 spiro atoms. The molecule has 1 aliphatic heterocycles. The molecule has 1 aromatic rings. The van der Waals surface area contributed by atoms with Gasteiger partial charge in [0, 0.05) is 6.54 Å². The number of amides is 5. The van der Waals surface area contributed by atoms with Gasteiger partial charge in [-0.3, -0.25) is 19.2 Å². The molecule has 1 saturated heterocycles. The number of ether oxygens (including phenoxy) is 1. The minimum absolute atomic E-state index is 0.00728. The summed E-state index contributed by atoms with van der Waals surface area (Å²) in [5.41, 5.74) is 3.98. The first-order valence-electron chi connectivity index (χ1n) is 15.1. The highest BCUT2D eigenvalue weighted by atomic mass is 19.1. The van der Waals surface area contributed by atoms with Gasteiger partial charge in [0.15, 0.2) is 0 Å². The van der Waals surface area contributed by atoms with Crippen LogP contribution in [0.1, 0.15) is 73.8 Å². The van der Waals surface area contributed by atoms with Gasteiger partial charge in [-0.05, 0) is 53.2 Å². The molecule has 0 unspecified atom stereocenters. The highest BCUT2D eigenvalue weighted by Gasteiger charge is 2.45. The quantitative estimate of drug-likeness (QED) is 0.202. The van der Waals surface area contributed by atoms with Gasteiger partial charge in [-0.1, -0.05) is 67.5 Å². The van der Waals surface area contributed by atoms with E-state index in [2.05, 4.69) is 16.0 Å². The van der Waals surface area contributed by atoms with Crippen molar-refractivity contribution in [2.75, 3.05) is 13.1 Å². The minimum atomic E-state index is -1.18. The fourth-order valence-corrected chi connectivity index (χ4v) is 5.19. The third kappa shape index (κ3) is 11.1. The van der Waals surface area contributed by atoms with Crippen LogP contribution < -0.4 is 21.7 Å². The molecule has 0 aliphatic carbocycles. The normalized spacial score (nSPS) is 18.1. The average Bonchev–Trinajstić information content (AvgIpc) is 3.34. The fraction of sp³-hybridized carbons (Fsp3) is 0.625. The second kappa shape index (κ2) is 15.3. The topological polar surface area (TPSA) is 177 Å². The molecule has 13 heteroatoms. The van der Waals surface area contributed by atoms with E-state index in [1.54, 1.807) is 41.5 Å². The van der Waals surface area contributed by atoms with Crippen LogP contribution in [0.2, 0.25) is 0 Å². The molecule has 1 aromatic carbocycles. The summed E-state index contributed by atoms with van der Waals surface area (Å²) in [6.07, 6.45) is 1.09. The van der Waals surface area contributed by atoms with Crippen LogP contribution in [0.25, 0.3) is 0 Å². The molecule has 1 heterocycles. The summed E-state index contributed by atoms with van der Waals surface area (Å²) in [5.74, 6) is -4.09. The lowest BCUT2D eigenvalue weighted by molar-refractivity contribution is -0.150. The molecule has 1 aliphatic rings. The maximum atomic E-state index is 14.1. The number of primary amides is 1. The Kier molecular flexibility index (Phi) is 12.6. The molecule has 45 heavy (non-hydrogen) atoms. The minimum Gasteiger partial charge on any atom is -0.459 e. The zero-order chi connectivity index (χ0) is 34.3. The number of carbonyl (C=O) groups is 6. The third-order valence-electron chi connectivity index (χ3n) is 7.54. The first-order valence-corrected chi connectivity index (χ1v) is 15.1. The molecule has 5 N–H and O–H groups in total. The van der Waals surface area contributed by atoms with Gasteiger partial charge in [0.1, 0.15) is 30.5 Å². The van der Waals surface area contributed by atoms with E-state index in [1.165, 1.54) is 29.2 Å². The first kappa shape index (κ1) is 37.2. The van der Waals surface area contributed by atoms with E-state index in [1.807, 2.05) is 13.8 Å². The van der Waals surface area contributed by atoms with E-state index in [0.29, 0.717) is 17.9 Å². The number of halogens is 1. The summed E-state index contributed by atoms with van der Waals surface area (Å²) < 4.78 is 18.7. The number of ketones is 1. The van der Waals surface area contributed by atoms with Crippen molar-refractivity contribution in [1.82, 2.24) is 20.9 Å². The second-order valence-corrected chi connectivity index (χ2v) is 14.2. The number of likely N-dealkylation sites (tertiary alicyclic amines) is 1. The summed E-state index contributed by atoms with van der Waals surface area (Å²) >= 11 is 0. The van der Waals surface area contributed by atoms with Crippen LogP contribution in [0.15, 0.2) is 24.3 Å². The lowest BCUT2D eigenvalue weighted by Crippen LogP contribution is -2.61. The van der Waals surface area contributed by atoms with Gasteiger partial charge in [-0.15, -0.1) is 0 Å². The molecule has 4 atom stereocenters. The Labute approximate surface area is 264 Å². The number of hydrogen-bond acceptors (Lipinski definition) is 7. The number of esters is 1. The van der Waals surface area contributed by atoms with E-state index in [9.17, 15) is 33.2 Å². The van der Waals surface area contributed by atoms with Crippen LogP contribution in [-0.4, -0.2) is 71.6 Å². The number of carbonyl (C=O) groups excluding carboxylic acids is 6. The molecule has 2 rings (SSSR count). The summed E-state index contributed by atoms with van der Waals surface area (Å²) in [4.78, 5) is 77.9. The molecule has 0 bridgehead atoms. The van der Waals surface area contributed by atoms with Gasteiger partial charge in [0.05, 0.1) is 6.54 Å². The van der Waals surface area contributed by atoms with Crippen LogP contribution >= 0.6 is 0 Å². The number of nitrogens with two attached hydrogens (primary N) is 1. The van der Waals surface area contributed by atoms with Crippen molar-refractivity contribution in [2.24, 2.45) is 28.4 Å². The smallest absolute Gasteiger partial charge is 0.329 e. The van der Waals surface area contributed by atoms with Gasteiger partial charge < -0.3 is 31.3 Å². The number of nitrogens with zero attached hydrogens (tertiary/aromatic N) is 1. The number of rotatable bonds is 12. The van der Waals surface area contributed by atoms with E-state index in [4.69, 9.17) is 10.5 Å². The Morgan fingerprint density at radius 3 is 2.02 bits per heavy atom. The molecule has 0 saturated carbocycles. The predicted molar refractivity (Wildman–Crippen MR) is 165 cm³/mol. The van der Waals surface area contributed by atoms with E-state index >= 15 is 0 Å². The summed E-state index contributed by atoms with van der Waals surface area (Å²) in [5, 5.41) is 7.77. The predicted octanol–water partition coefficient (Wildman–Crippen LogP) is 2.43. The van der Waals surface area contributed by atoms with Gasteiger partial charge in [-0.25, -0.2) is 14.0 Å². The molecular formula is C32H48FN5O7. The number of nitrogens with one attached hydrogen (secondary N) is 3. The number of Topliss-reactive ketones (excluding diaryl/α,β-unsaturated/α-hetero) is 1. The van der Waals surface area contributed by atoms with Gasteiger partial charge >= 0.3 is 12.0 Å². The Bertz CT molecular complexity index is 1250. The van der Waals surface area contributed by atoms with Crippen LogP contribution in [0.5, 0.6) is 0 Å². The second-order valence-electron chi connectivity index (χ2n) is 14.2. The summed E-state index contributed by atoms with van der Waals surface area (Å²) in [6, 6.07) is 1.56. The lowest BCUT2D eigenvalue weighted by atomic mass is 9.85. The first-order chi connectivity index (χ1) is 20.7. The molecule has 0 radical (unpaired) electrons. The van der Waals surface area contributed by atoms with Crippen LogP contribution in [-0.2, 0) is 35.3 Å². The van der Waals surface area contributed by atoms with Crippen LogP contribution in [0.3, 0.4) is 0 Å². The van der Waals surface area contributed by atoms with Crippen molar-refractivity contribution in [3.63, 3.8) is 0 Å². The molecule has 250 valence electrons. The highest BCUT2D eigenvalue weighted by molar-refractivity contribution is 6.36. The van der Waals surface area contributed by atoms with Crippen molar-refractivity contribution in [1.29, 1.82) is 0 Å². The summed E-state index contributed by atoms with van der Waals surface area (Å²) in [7, 11) is 0. The van der Waals surface area contributed by atoms with Crippen molar-refractivity contribution < 1.29 is 37.9 Å². The monoisotopic (exact) mass is 633 g/mol. The Morgan fingerprint density at radius 1 is 0.956 bits per heavy atom. The van der Waals surface area contributed by atoms with Crippen molar-refractivity contribution in [3.8, 4) is 0 Å². The summed E-state index contributed by atoms with van der Waals surface area (Å²) in [6.45, 7) is 14.1. The number of hydrogen-bond donors (Lipinski definition) is 4.